The van der Waals surface area contributed by atoms with Crippen LogP contribution in [0.2, 0.25) is 0 Å². The summed E-state index contributed by atoms with van der Waals surface area (Å²) in [6.07, 6.45) is 4.53. The second-order valence-electron chi connectivity index (χ2n) is 4.81. The average Bonchev–Trinajstić information content (AvgIpc) is 2.16. The van der Waals surface area contributed by atoms with Crippen LogP contribution in [0.15, 0.2) is 0 Å². The van der Waals surface area contributed by atoms with E-state index in [2.05, 4.69) is 27.7 Å². The summed E-state index contributed by atoms with van der Waals surface area (Å²) < 4.78 is 0. The lowest BCUT2D eigenvalue weighted by Crippen LogP contribution is -2.17. The summed E-state index contributed by atoms with van der Waals surface area (Å²) in [6.45, 7) is 10.6. The Hall–Kier alpha value is -0.330. The number of hydrogen-bond donors (Lipinski definition) is 0. The van der Waals surface area contributed by atoms with Gasteiger partial charge in [-0.1, -0.05) is 40.5 Å². The van der Waals surface area contributed by atoms with Crippen molar-refractivity contribution in [3.05, 3.63) is 0 Å². The molecule has 0 aliphatic carbocycles. The van der Waals surface area contributed by atoms with Crippen molar-refractivity contribution in [1.29, 1.82) is 0 Å². The van der Waals surface area contributed by atoms with Gasteiger partial charge in [0.1, 0.15) is 5.78 Å². The van der Waals surface area contributed by atoms with Gasteiger partial charge in [-0.3, -0.25) is 4.79 Å². The Labute approximate surface area is 89.3 Å². The zero-order chi connectivity index (χ0) is 11.1. The molecule has 1 nitrogen and oxygen atoms in total. The van der Waals surface area contributed by atoms with Gasteiger partial charge in [-0.25, -0.2) is 0 Å². The Morgan fingerprint density at radius 1 is 1.00 bits per heavy atom. The van der Waals surface area contributed by atoms with Crippen molar-refractivity contribution < 1.29 is 4.79 Å². The van der Waals surface area contributed by atoms with Crippen molar-refractivity contribution in [3.8, 4) is 0 Å². The Balaban J connectivity index is 4.09. The van der Waals surface area contributed by atoms with E-state index in [4.69, 9.17) is 0 Å². The van der Waals surface area contributed by atoms with E-state index in [1.54, 1.807) is 6.92 Å². The normalized spacial score (nSPS) is 17.5. The molecular formula is C13H26O. The van der Waals surface area contributed by atoms with Gasteiger partial charge in [0.25, 0.3) is 0 Å². The molecule has 0 spiro atoms. The van der Waals surface area contributed by atoms with Crippen molar-refractivity contribution in [3.63, 3.8) is 0 Å². The molecule has 0 radical (unpaired) electrons. The molecule has 14 heavy (non-hydrogen) atoms. The highest BCUT2D eigenvalue weighted by Crippen LogP contribution is 2.24. The molecule has 1 heteroatoms. The number of Topliss-reactive ketones (excluding diaryl/α,β-unsaturated/α-hetero) is 1. The molecular weight excluding hydrogens is 172 g/mol. The monoisotopic (exact) mass is 198 g/mol. The smallest absolute Gasteiger partial charge is 0.132 e. The number of hydrogen-bond acceptors (Lipinski definition) is 1. The van der Waals surface area contributed by atoms with E-state index in [-0.39, 0.29) is 0 Å². The van der Waals surface area contributed by atoms with Gasteiger partial charge in [-0.15, -0.1) is 0 Å². The first kappa shape index (κ1) is 13.7. The van der Waals surface area contributed by atoms with Crippen molar-refractivity contribution in [2.45, 2.75) is 60.3 Å². The van der Waals surface area contributed by atoms with Gasteiger partial charge >= 0.3 is 0 Å². The summed E-state index contributed by atoms with van der Waals surface area (Å²) >= 11 is 0. The summed E-state index contributed by atoms with van der Waals surface area (Å²) in [5, 5.41) is 0. The van der Waals surface area contributed by atoms with Crippen LogP contribution in [0.1, 0.15) is 60.3 Å². The van der Waals surface area contributed by atoms with E-state index in [0.717, 1.165) is 12.8 Å². The first-order chi connectivity index (χ1) is 6.51. The topological polar surface area (TPSA) is 17.1 Å². The summed E-state index contributed by atoms with van der Waals surface area (Å²) in [5.74, 6) is 2.06. The predicted octanol–water partition coefficient (Wildman–Crippen LogP) is 4.06. The maximum absolute atomic E-state index is 11.4. The number of carbonyl (C=O) groups excluding carboxylic acids is 1. The minimum atomic E-state index is 0.305. The maximum Gasteiger partial charge on any atom is 0.132 e. The molecule has 0 heterocycles. The Bertz CT molecular complexity index is 151. The lowest BCUT2D eigenvalue weighted by Gasteiger charge is -2.20. The molecule has 0 saturated carbocycles. The average molecular weight is 198 g/mol. The van der Waals surface area contributed by atoms with Gasteiger partial charge < -0.3 is 0 Å². The third-order valence-corrected chi connectivity index (χ3v) is 3.34. The highest BCUT2D eigenvalue weighted by molar-refractivity contribution is 5.78. The second-order valence-corrected chi connectivity index (χ2v) is 4.81. The molecule has 2 atom stereocenters. The Morgan fingerprint density at radius 2 is 1.36 bits per heavy atom. The van der Waals surface area contributed by atoms with Crippen LogP contribution in [0.25, 0.3) is 0 Å². The van der Waals surface area contributed by atoms with Gasteiger partial charge in [-0.05, 0) is 31.6 Å². The molecule has 0 aromatic rings. The van der Waals surface area contributed by atoms with Gasteiger partial charge in [0.15, 0.2) is 0 Å². The van der Waals surface area contributed by atoms with Crippen molar-refractivity contribution in [2.75, 3.05) is 0 Å². The van der Waals surface area contributed by atoms with E-state index in [9.17, 15) is 4.79 Å². The molecule has 2 unspecified atom stereocenters. The van der Waals surface area contributed by atoms with Crippen molar-refractivity contribution in [2.24, 2.45) is 17.8 Å². The lowest BCUT2D eigenvalue weighted by atomic mass is 9.84. The molecule has 0 aliphatic heterocycles. The largest absolute Gasteiger partial charge is 0.300 e. The molecule has 0 aromatic heterocycles. The Morgan fingerprint density at radius 3 is 1.57 bits per heavy atom. The molecule has 0 fully saturated rings. The van der Waals surface area contributed by atoms with E-state index >= 15 is 0 Å². The van der Waals surface area contributed by atoms with Gasteiger partial charge in [0, 0.05) is 5.92 Å². The molecule has 0 N–H and O–H groups in total. The first-order valence-electron chi connectivity index (χ1n) is 6.01. The van der Waals surface area contributed by atoms with Crippen molar-refractivity contribution in [1.82, 2.24) is 0 Å². The van der Waals surface area contributed by atoms with Gasteiger partial charge in [0.2, 0.25) is 0 Å². The van der Waals surface area contributed by atoms with Crippen LogP contribution in [-0.4, -0.2) is 5.78 Å². The standard InChI is InChI=1S/C13H26O/c1-6-10(3)8-13(12(5)14)9-11(4)7-2/h10-11,13H,6-9H2,1-5H3. The zero-order valence-corrected chi connectivity index (χ0v) is 10.5. The lowest BCUT2D eigenvalue weighted by molar-refractivity contribution is -0.121. The number of rotatable bonds is 7. The van der Waals surface area contributed by atoms with E-state index < -0.39 is 0 Å². The molecule has 0 bridgehead atoms. The molecule has 0 aromatic carbocycles. The molecule has 0 amide bonds. The van der Waals surface area contributed by atoms with Crippen LogP contribution in [0.5, 0.6) is 0 Å². The number of ketones is 1. The third kappa shape index (κ3) is 5.41. The van der Waals surface area contributed by atoms with E-state index in [1.807, 2.05) is 0 Å². The quantitative estimate of drug-likeness (QED) is 0.603. The van der Waals surface area contributed by atoms with Crippen molar-refractivity contribution >= 4 is 5.78 Å². The van der Waals surface area contributed by atoms with Crippen LogP contribution in [0.3, 0.4) is 0 Å². The molecule has 0 saturated heterocycles. The fraction of sp³-hybridized carbons (Fsp3) is 0.923. The molecule has 0 aliphatic rings. The SMILES string of the molecule is CCC(C)CC(CC(C)CC)C(C)=O. The van der Waals surface area contributed by atoms with Crippen LogP contribution >= 0.6 is 0 Å². The fourth-order valence-corrected chi connectivity index (χ4v) is 1.73. The van der Waals surface area contributed by atoms with Gasteiger partial charge in [0.05, 0.1) is 0 Å². The Kier molecular flexibility index (Phi) is 6.86. The molecule has 0 rings (SSSR count). The fourth-order valence-electron chi connectivity index (χ4n) is 1.73. The summed E-state index contributed by atoms with van der Waals surface area (Å²) in [4.78, 5) is 11.4. The minimum absolute atomic E-state index is 0.305. The number of carbonyl (C=O) groups is 1. The first-order valence-corrected chi connectivity index (χ1v) is 6.01. The minimum Gasteiger partial charge on any atom is -0.300 e. The summed E-state index contributed by atoms with van der Waals surface area (Å²) in [6, 6.07) is 0. The highest BCUT2D eigenvalue weighted by Gasteiger charge is 2.18. The second kappa shape index (κ2) is 7.03. The van der Waals surface area contributed by atoms with Crippen LogP contribution < -0.4 is 0 Å². The molecule has 84 valence electrons. The van der Waals surface area contributed by atoms with E-state index in [0.29, 0.717) is 23.5 Å². The van der Waals surface area contributed by atoms with Crippen LogP contribution in [0.4, 0.5) is 0 Å². The third-order valence-electron chi connectivity index (χ3n) is 3.34. The predicted molar refractivity (Wildman–Crippen MR) is 62.3 cm³/mol. The van der Waals surface area contributed by atoms with Gasteiger partial charge in [-0.2, -0.15) is 0 Å². The highest BCUT2D eigenvalue weighted by atomic mass is 16.1. The van der Waals surface area contributed by atoms with Crippen LogP contribution in [-0.2, 0) is 4.79 Å². The van der Waals surface area contributed by atoms with E-state index in [1.165, 1.54) is 12.8 Å². The zero-order valence-electron chi connectivity index (χ0n) is 10.5. The summed E-state index contributed by atoms with van der Waals surface area (Å²) in [5.41, 5.74) is 0. The maximum atomic E-state index is 11.4. The summed E-state index contributed by atoms with van der Waals surface area (Å²) in [7, 11) is 0. The van der Waals surface area contributed by atoms with Crippen LogP contribution in [0, 0.1) is 17.8 Å².